The first kappa shape index (κ1) is 22.4. The maximum atomic E-state index is 13.8. The summed E-state index contributed by atoms with van der Waals surface area (Å²) in [6, 6.07) is 15.6. The number of hydrogen-bond acceptors (Lipinski definition) is 4. The number of rotatable bonds is 7. The van der Waals surface area contributed by atoms with E-state index in [1.807, 2.05) is 18.2 Å². The second-order valence-corrected chi connectivity index (χ2v) is 8.09. The zero-order valence-electron chi connectivity index (χ0n) is 18.3. The van der Waals surface area contributed by atoms with Gasteiger partial charge in [0.1, 0.15) is 23.5 Å². The molecule has 0 saturated carbocycles. The highest BCUT2D eigenvalue weighted by atomic mass is 19.1. The van der Waals surface area contributed by atoms with Crippen molar-refractivity contribution in [2.24, 2.45) is 0 Å². The first-order valence-electron chi connectivity index (χ1n) is 10.8. The van der Waals surface area contributed by atoms with Crippen LogP contribution >= 0.6 is 0 Å². The SMILES string of the molecule is O=C(Cc1c[nH]c2ccc(F)cc12)N[C@@H](Cc1cc(F)cc(F)c1)c1nnc(-c2ccccc2)o1. The van der Waals surface area contributed by atoms with Crippen LogP contribution in [-0.4, -0.2) is 21.1 Å². The monoisotopic (exact) mass is 476 g/mol. The summed E-state index contributed by atoms with van der Waals surface area (Å²) in [6.07, 6.45) is 1.59. The van der Waals surface area contributed by atoms with Gasteiger partial charge in [0.25, 0.3) is 0 Å². The Morgan fingerprint density at radius 2 is 1.71 bits per heavy atom. The van der Waals surface area contributed by atoms with Gasteiger partial charge in [0.2, 0.25) is 17.7 Å². The molecule has 0 saturated heterocycles. The molecule has 0 fully saturated rings. The Kier molecular flexibility index (Phi) is 6.05. The zero-order chi connectivity index (χ0) is 24.4. The van der Waals surface area contributed by atoms with Crippen LogP contribution in [-0.2, 0) is 17.6 Å². The average molecular weight is 476 g/mol. The van der Waals surface area contributed by atoms with Crippen LogP contribution in [0.1, 0.15) is 23.1 Å². The van der Waals surface area contributed by atoms with Gasteiger partial charge in [-0.1, -0.05) is 18.2 Å². The summed E-state index contributed by atoms with van der Waals surface area (Å²) >= 11 is 0. The summed E-state index contributed by atoms with van der Waals surface area (Å²) in [6.45, 7) is 0. The summed E-state index contributed by atoms with van der Waals surface area (Å²) in [5, 5.41) is 11.5. The Hall–Kier alpha value is -4.40. The van der Waals surface area contributed by atoms with Crippen molar-refractivity contribution in [1.29, 1.82) is 0 Å². The number of hydrogen-bond donors (Lipinski definition) is 2. The van der Waals surface area contributed by atoms with Crippen molar-refractivity contribution in [3.63, 3.8) is 0 Å². The number of amides is 1. The highest BCUT2D eigenvalue weighted by Crippen LogP contribution is 2.25. The highest BCUT2D eigenvalue weighted by Gasteiger charge is 2.23. The van der Waals surface area contributed by atoms with E-state index in [4.69, 9.17) is 4.42 Å². The summed E-state index contributed by atoms with van der Waals surface area (Å²) in [5.74, 6) is -1.95. The van der Waals surface area contributed by atoms with Crippen LogP contribution in [0.2, 0.25) is 0 Å². The number of aromatic amines is 1. The largest absolute Gasteiger partial charge is 0.418 e. The molecule has 2 aromatic heterocycles. The Bertz CT molecular complexity index is 1480. The Morgan fingerprint density at radius 1 is 0.943 bits per heavy atom. The first-order valence-corrected chi connectivity index (χ1v) is 10.8. The molecule has 0 spiro atoms. The molecule has 0 aliphatic carbocycles. The van der Waals surface area contributed by atoms with E-state index in [1.54, 1.807) is 24.4 Å². The molecule has 9 heteroatoms. The van der Waals surface area contributed by atoms with Gasteiger partial charge >= 0.3 is 0 Å². The molecule has 0 aliphatic heterocycles. The third kappa shape index (κ3) is 5.08. The summed E-state index contributed by atoms with van der Waals surface area (Å²) in [7, 11) is 0. The molecular weight excluding hydrogens is 457 g/mol. The molecular formula is C26H19F3N4O2. The zero-order valence-corrected chi connectivity index (χ0v) is 18.3. The molecule has 35 heavy (non-hydrogen) atoms. The van der Waals surface area contributed by atoms with Gasteiger partial charge in [0.15, 0.2) is 0 Å². The molecule has 2 heterocycles. The second-order valence-electron chi connectivity index (χ2n) is 8.09. The Morgan fingerprint density at radius 3 is 2.49 bits per heavy atom. The highest BCUT2D eigenvalue weighted by molar-refractivity contribution is 5.89. The molecule has 1 amide bonds. The normalized spacial score (nSPS) is 12.1. The maximum absolute atomic E-state index is 13.8. The molecule has 0 unspecified atom stereocenters. The van der Waals surface area contributed by atoms with E-state index < -0.39 is 29.4 Å². The van der Waals surface area contributed by atoms with Crippen LogP contribution in [0.15, 0.2) is 77.3 Å². The lowest BCUT2D eigenvalue weighted by atomic mass is 10.0. The van der Waals surface area contributed by atoms with Crippen LogP contribution in [0.5, 0.6) is 0 Å². The third-order valence-electron chi connectivity index (χ3n) is 5.54. The molecule has 5 rings (SSSR count). The van der Waals surface area contributed by atoms with Crippen LogP contribution < -0.4 is 5.32 Å². The lowest BCUT2D eigenvalue weighted by Gasteiger charge is -2.16. The molecule has 1 atom stereocenters. The van der Waals surface area contributed by atoms with E-state index in [2.05, 4.69) is 20.5 Å². The van der Waals surface area contributed by atoms with Crippen LogP contribution in [0.25, 0.3) is 22.4 Å². The molecule has 0 aliphatic rings. The van der Waals surface area contributed by atoms with Gasteiger partial charge < -0.3 is 14.7 Å². The van der Waals surface area contributed by atoms with Crippen molar-refractivity contribution in [3.05, 3.63) is 107 Å². The minimum atomic E-state index is -0.851. The van der Waals surface area contributed by atoms with Crippen molar-refractivity contribution >= 4 is 16.8 Å². The lowest BCUT2D eigenvalue weighted by molar-refractivity contribution is -0.121. The van der Waals surface area contributed by atoms with Crippen molar-refractivity contribution in [1.82, 2.24) is 20.5 Å². The van der Waals surface area contributed by atoms with Crippen molar-refractivity contribution in [3.8, 4) is 11.5 Å². The van der Waals surface area contributed by atoms with Gasteiger partial charge in [-0.25, -0.2) is 13.2 Å². The predicted octanol–water partition coefficient (Wildman–Crippen LogP) is 5.28. The molecule has 0 radical (unpaired) electrons. The van der Waals surface area contributed by atoms with Gasteiger partial charge in [-0.2, -0.15) is 0 Å². The minimum Gasteiger partial charge on any atom is -0.418 e. The first-order chi connectivity index (χ1) is 16.9. The number of aromatic nitrogens is 3. The number of carbonyl (C=O) groups is 1. The molecule has 0 bridgehead atoms. The average Bonchev–Trinajstić information content (AvgIpc) is 3.46. The van der Waals surface area contributed by atoms with Crippen molar-refractivity contribution < 1.29 is 22.4 Å². The van der Waals surface area contributed by atoms with E-state index in [-0.39, 0.29) is 24.6 Å². The number of nitrogens with zero attached hydrogens (tertiary/aromatic N) is 2. The molecule has 5 aromatic rings. The minimum absolute atomic E-state index is 0.0132. The van der Waals surface area contributed by atoms with Crippen molar-refractivity contribution in [2.45, 2.75) is 18.9 Å². The fraction of sp³-hybridized carbons (Fsp3) is 0.115. The molecule has 2 N–H and O–H groups in total. The van der Waals surface area contributed by atoms with E-state index in [0.29, 0.717) is 27.6 Å². The van der Waals surface area contributed by atoms with Gasteiger partial charge in [-0.05, 0) is 53.6 Å². The summed E-state index contributed by atoms with van der Waals surface area (Å²) in [5.41, 5.74) is 2.30. The van der Waals surface area contributed by atoms with Gasteiger partial charge in [-0.3, -0.25) is 4.79 Å². The summed E-state index contributed by atoms with van der Waals surface area (Å²) < 4.78 is 47.1. The fourth-order valence-corrected chi connectivity index (χ4v) is 3.95. The van der Waals surface area contributed by atoms with E-state index in [9.17, 15) is 18.0 Å². The Balaban J connectivity index is 1.42. The number of benzene rings is 3. The van der Waals surface area contributed by atoms with Crippen molar-refractivity contribution in [2.75, 3.05) is 0 Å². The topological polar surface area (TPSA) is 83.8 Å². The molecule has 6 nitrogen and oxygen atoms in total. The lowest BCUT2D eigenvalue weighted by Crippen LogP contribution is -2.31. The van der Waals surface area contributed by atoms with Crippen LogP contribution in [0, 0.1) is 17.5 Å². The van der Waals surface area contributed by atoms with E-state index in [1.165, 1.54) is 24.3 Å². The quantitative estimate of drug-likeness (QED) is 0.335. The van der Waals surface area contributed by atoms with E-state index in [0.717, 1.165) is 6.07 Å². The predicted molar refractivity (Wildman–Crippen MR) is 123 cm³/mol. The maximum Gasteiger partial charge on any atom is 0.247 e. The van der Waals surface area contributed by atoms with Gasteiger partial charge in [-0.15, -0.1) is 10.2 Å². The number of halogens is 3. The van der Waals surface area contributed by atoms with Gasteiger partial charge in [0.05, 0.1) is 6.42 Å². The number of carbonyl (C=O) groups excluding carboxylic acids is 1. The molecule has 3 aromatic carbocycles. The number of fused-ring (bicyclic) bond motifs is 1. The van der Waals surface area contributed by atoms with Gasteiger partial charge in [0, 0.05) is 35.2 Å². The smallest absolute Gasteiger partial charge is 0.247 e. The van der Waals surface area contributed by atoms with Crippen LogP contribution in [0.3, 0.4) is 0 Å². The number of H-pyrrole nitrogens is 1. The third-order valence-corrected chi connectivity index (χ3v) is 5.54. The fourth-order valence-electron chi connectivity index (χ4n) is 3.95. The summed E-state index contributed by atoms with van der Waals surface area (Å²) in [4.78, 5) is 16.0. The second kappa shape index (κ2) is 9.46. The standard InChI is InChI=1S/C26H19F3N4O2/c27-18-6-7-22-21(13-18)17(14-30-22)11-24(34)31-23(10-15-8-19(28)12-20(29)9-15)26-33-32-25(35-26)16-4-2-1-3-5-16/h1-9,12-14,23,30H,10-11H2,(H,31,34)/t23-/m0/s1. The van der Waals surface area contributed by atoms with E-state index >= 15 is 0 Å². The molecule has 176 valence electrons. The van der Waals surface area contributed by atoms with Crippen LogP contribution in [0.4, 0.5) is 13.2 Å². The Labute approximate surface area is 197 Å². The number of nitrogens with one attached hydrogen (secondary N) is 2.